The highest BCUT2D eigenvalue weighted by atomic mass is 19.3. The molecule has 0 bridgehead atoms. The molecule has 1 fully saturated rings. The standard InChI is InChI=1S/C7H9F2NO2/c8-7(9)2-1-6(11)5(3-7)4-10-12/h4-5,12H,1-3H2/b10-4-. The van der Waals surface area contributed by atoms with Gasteiger partial charge in [-0.25, -0.2) is 8.78 Å². The Morgan fingerprint density at radius 2 is 2.33 bits per heavy atom. The van der Waals surface area contributed by atoms with Crippen LogP contribution in [0.2, 0.25) is 0 Å². The van der Waals surface area contributed by atoms with E-state index < -0.39 is 18.3 Å². The van der Waals surface area contributed by atoms with Crippen LogP contribution in [0.15, 0.2) is 5.16 Å². The van der Waals surface area contributed by atoms with E-state index in [2.05, 4.69) is 5.16 Å². The summed E-state index contributed by atoms with van der Waals surface area (Å²) < 4.78 is 25.3. The molecule has 1 rings (SSSR count). The van der Waals surface area contributed by atoms with Gasteiger partial charge >= 0.3 is 0 Å². The lowest BCUT2D eigenvalue weighted by Gasteiger charge is -2.24. The Kier molecular flexibility index (Phi) is 2.40. The van der Waals surface area contributed by atoms with E-state index >= 15 is 0 Å². The van der Waals surface area contributed by atoms with Crippen molar-refractivity contribution in [2.45, 2.75) is 25.2 Å². The number of ketones is 1. The first-order valence-corrected chi connectivity index (χ1v) is 3.63. The SMILES string of the molecule is O=C1CCC(F)(F)CC1/C=N\O. The molecule has 0 aliphatic heterocycles. The fourth-order valence-corrected chi connectivity index (χ4v) is 1.25. The first kappa shape index (κ1) is 9.09. The number of alkyl halides is 2. The lowest BCUT2D eigenvalue weighted by molar-refractivity contribution is -0.131. The number of Topliss-reactive ketones (excluding diaryl/α,β-unsaturated/α-hetero) is 1. The number of carbonyl (C=O) groups excluding carboxylic acids is 1. The maximum Gasteiger partial charge on any atom is 0.249 e. The predicted molar refractivity (Wildman–Crippen MR) is 37.6 cm³/mol. The lowest BCUT2D eigenvalue weighted by Crippen LogP contribution is -2.33. The Morgan fingerprint density at radius 1 is 1.67 bits per heavy atom. The first-order valence-electron chi connectivity index (χ1n) is 3.63. The summed E-state index contributed by atoms with van der Waals surface area (Å²) in [5, 5.41) is 10.7. The number of oxime groups is 1. The van der Waals surface area contributed by atoms with E-state index in [1.807, 2.05) is 0 Å². The number of rotatable bonds is 1. The molecule has 0 aromatic carbocycles. The molecular weight excluding hydrogens is 168 g/mol. The lowest BCUT2D eigenvalue weighted by atomic mass is 9.86. The molecule has 0 aromatic rings. The third kappa shape index (κ3) is 1.99. The summed E-state index contributed by atoms with van der Waals surface area (Å²) in [6, 6.07) is 0. The zero-order chi connectivity index (χ0) is 9.19. The van der Waals surface area contributed by atoms with Gasteiger partial charge in [0.15, 0.2) is 0 Å². The maximum atomic E-state index is 12.7. The highest BCUT2D eigenvalue weighted by Gasteiger charge is 2.39. The summed E-state index contributed by atoms with van der Waals surface area (Å²) >= 11 is 0. The quantitative estimate of drug-likeness (QED) is 0.374. The fourth-order valence-electron chi connectivity index (χ4n) is 1.25. The topological polar surface area (TPSA) is 49.7 Å². The van der Waals surface area contributed by atoms with Gasteiger partial charge in [0.2, 0.25) is 5.92 Å². The smallest absolute Gasteiger partial charge is 0.249 e. The molecule has 12 heavy (non-hydrogen) atoms. The van der Waals surface area contributed by atoms with Crippen LogP contribution in [-0.2, 0) is 4.79 Å². The van der Waals surface area contributed by atoms with Gasteiger partial charge in [-0.1, -0.05) is 0 Å². The molecule has 0 amide bonds. The van der Waals surface area contributed by atoms with Crippen molar-refractivity contribution in [2.75, 3.05) is 0 Å². The van der Waals surface area contributed by atoms with Gasteiger partial charge in [0.05, 0.1) is 12.1 Å². The molecule has 3 nitrogen and oxygen atoms in total. The molecule has 1 unspecified atom stereocenters. The highest BCUT2D eigenvalue weighted by Crippen LogP contribution is 2.33. The zero-order valence-corrected chi connectivity index (χ0v) is 6.33. The number of nitrogens with zero attached hydrogens (tertiary/aromatic N) is 1. The second-order valence-corrected chi connectivity index (χ2v) is 2.90. The average molecular weight is 177 g/mol. The van der Waals surface area contributed by atoms with Crippen molar-refractivity contribution in [1.29, 1.82) is 0 Å². The molecule has 0 aromatic heterocycles. The van der Waals surface area contributed by atoms with Crippen molar-refractivity contribution < 1.29 is 18.8 Å². The first-order chi connectivity index (χ1) is 5.55. The van der Waals surface area contributed by atoms with Crippen LogP contribution in [0.4, 0.5) is 8.78 Å². The molecule has 0 heterocycles. The molecule has 1 aliphatic carbocycles. The predicted octanol–water partition coefficient (Wildman–Crippen LogP) is 1.45. The van der Waals surface area contributed by atoms with Gasteiger partial charge in [0.1, 0.15) is 5.78 Å². The van der Waals surface area contributed by atoms with Crippen LogP contribution < -0.4 is 0 Å². The van der Waals surface area contributed by atoms with E-state index in [4.69, 9.17) is 5.21 Å². The third-order valence-electron chi connectivity index (χ3n) is 1.92. The highest BCUT2D eigenvalue weighted by molar-refractivity contribution is 5.95. The van der Waals surface area contributed by atoms with Crippen LogP contribution in [0.3, 0.4) is 0 Å². The van der Waals surface area contributed by atoms with E-state index in [0.717, 1.165) is 6.21 Å². The average Bonchev–Trinajstić information content (AvgIpc) is 1.97. The van der Waals surface area contributed by atoms with Crippen molar-refractivity contribution in [2.24, 2.45) is 11.1 Å². The second-order valence-electron chi connectivity index (χ2n) is 2.90. The van der Waals surface area contributed by atoms with Crippen LogP contribution in [0.25, 0.3) is 0 Å². The fraction of sp³-hybridized carbons (Fsp3) is 0.714. The van der Waals surface area contributed by atoms with Crippen LogP contribution in [0.5, 0.6) is 0 Å². The van der Waals surface area contributed by atoms with Crippen molar-refractivity contribution in [1.82, 2.24) is 0 Å². The van der Waals surface area contributed by atoms with Gasteiger partial charge in [-0.2, -0.15) is 0 Å². The summed E-state index contributed by atoms with van der Waals surface area (Å²) in [5.74, 6) is -3.99. The minimum atomic E-state index is -2.79. The van der Waals surface area contributed by atoms with Crippen molar-refractivity contribution >= 4 is 12.0 Å². The van der Waals surface area contributed by atoms with Gasteiger partial charge < -0.3 is 5.21 Å². The third-order valence-corrected chi connectivity index (χ3v) is 1.92. The van der Waals surface area contributed by atoms with Gasteiger partial charge in [-0.15, -0.1) is 5.16 Å². The van der Waals surface area contributed by atoms with E-state index in [1.165, 1.54) is 0 Å². The maximum absolute atomic E-state index is 12.7. The number of carbonyl (C=O) groups is 1. The van der Waals surface area contributed by atoms with Crippen LogP contribution >= 0.6 is 0 Å². The summed E-state index contributed by atoms with van der Waals surface area (Å²) in [5.41, 5.74) is 0. The Bertz CT molecular complexity index is 215. The molecule has 0 saturated heterocycles. The monoisotopic (exact) mass is 177 g/mol. The van der Waals surface area contributed by atoms with E-state index in [0.29, 0.717) is 0 Å². The molecule has 1 saturated carbocycles. The largest absolute Gasteiger partial charge is 0.411 e. The molecule has 1 atom stereocenters. The Labute approximate surface area is 68.1 Å². The number of hydrogen-bond acceptors (Lipinski definition) is 3. The normalized spacial score (nSPS) is 29.5. The molecule has 1 aliphatic rings. The van der Waals surface area contributed by atoms with Crippen molar-refractivity contribution in [3.05, 3.63) is 0 Å². The second kappa shape index (κ2) is 3.16. The van der Waals surface area contributed by atoms with E-state index in [9.17, 15) is 13.6 Å². The number of hydrogen-bond donors (Lipinski definition) is 1. The van der Waals surface area contributed by atoms with Crippen molar-refractivity contribution in [3.8, 4) is 0 Å². The molecule has 0 spiro atoms. The van der Waals surface area contributed by atoms with Gasteiger partial charge in [0, 0.05) is 19.3 Å². The minimum Gasteiger partial charge on any atom is -0.411 e. The molecule has 68 valence electrons. The molecular formula is C7H9F2NO2. The van der Waals surface area contributed by atoms with Gasteiger partial charge in [-0.3, -0.25) is 4.79 Å². The number of halogens is 2. The van der Waals surface area contributed by atoms with Crippen LogP contribution in [-0.4, -0.2) is 23.1 Å². The zero-order valence-electron chi connectivity index (χ0n) is 6.33. The van der Waals surface area contributed by atoms with Crippen LogP contribution in [0, 0.1) is 5.92 Å². The Hall–Kier alpha value is -1.00. The van der Waals surface area contributed by atoms with Crippen LogP contribution in [0.1, 0.15) is 19.3 Å². The Balaban J connectivity index is 2.65. The summed E-state index contributed by atoms with van der Waals surface area (Å²) in [6.07, 6.45) is -0.184. The molecule has 1 N–H and O–H groups in total. The van der Waals surface area contributed by atoms with E-state index in [1.54, 1.807) is 0 Å². The summed E-state index contributed by atoms with van der Waals surface area (Å²) in [4.78, 5) is 10.9. The summed E-state index contributed by atoms with van der Waals surface area (Å²) in [6.45, 7) is 0. The Morgan fingerprint density at radius 3 is 2.92 bits per heavy atom. The van der Waals surface area contributed by atoms with Crippen molar-refractivity contribution in [3.63, 3.8) is 0 Å². The van der Waals surface area contributed by atoms with E-state index in [-0.39, 0.29) is 18.6 Å². The van der Waals surface area contributed by atoms with Gasteiger partial charge in [-0.05, 0) is 0 Å². The summed E-state index contributed by atoms with van der Waals surface area (Å²) in [7, 11) is 0. The minimum absolute atomic E-state index is 0.135. The van der Waals surface area contributed by atoms with Gasteiger partial charge in [0.25, 0.3) is 0 Å². The molecule has 0 radical (unpaired) electrons. The molecule has 5 heteroatoms.